The molecule has 12 aromatic rings. The highest BCUT2D eigenvalue weighted by Crippen LogP contribution is 2.42. The summed E-state index contributed by atoms with van der Waals surface area (Å²) in [4.78, 5) is 20.8. The van der Waals surface area contributed by atoms with Crippen LogP contribution in [-0.2, 0) is 0 Å². The Morgan fingerprint density at radius 2 is 0.983 bits per heavy atom. The second-order valence-corrected chi connectivity index (χ2v) is 15.6. The topological polar surface area (TPSA) is 64.7 Å². The largest absolute Gasteiger partial charge is 0.435 e. The van der Waals surface area contributed by atoms with E-state index in [1.165, 1.54) is 15.5 Å². The molecule has 0 bridgehead atoms. The van der Waals surface area contributed by atoms with E-state index in [0.29, 0.717) is 23.4 Å². The van der Waals surface area contributed by atoms with Crippen LogP contribution in [0.4, 0.5) is 0 Å². The zero-order valence-electron chi connectivity index (χ0n) is 30.9. The molecule has 12 rings (SSSR count). The Morgan fingerprint density at radius 3 is 1.83 bits per heavy atom. The second-order valence-electron chi connectivity index (χ2n) is 14.6. The molecule has 0 aliphatic rings. The first-order chi connectivity index (χ1) is 28.7. The first kappa shape index (κ1) is 32.7. The van der Waals surface area contributed by atoms with Crippen molar-refractivity contribution in [3.63, 3.8) is 0 Å². The smallest absolute Gasteiger partial charge is 0.227 e. The Labute approximate surface area is 336 Å². The molecule has 6 heteroatoms. The number of oxazole rings is 1. The average molecular weight is 759 g/mol. The van der Waals surface area contributed by atoms with Crippen molar-refractivity contribution in [2.45, 2.75) is 0 Å². The molecule has 3 aromatic heterocycles. The molecule has 0 unspecified atom stereocenters. The molecule has 0 aliphatic heterocycles. The number of hydrogen-bond donors (Lipinski definition) is 0. The van der Waals surface area contributed by atoms with Gasteiger partial charge in [-0.2, -0.15) is 0 Å². The number of hydrogen-bond acceptors (Lipinski definition) is 6. The summed E-state index contributed by atoms with van der Waals surface area (Å²) in [7, 11) is 0. The number of thiophene rings is 1. The van der Waals surface area contributed by atoms with Gasteiger partial charge in [-0.3, -0.25) is 0 Å². The van der Waals surface area contributed by atoms with Gasteiger partial charge in [0.05, 0.1) is 0 Å². The summed E-state index contributed by atoms with van der Waals surface area (Å²) in [5, 5.41) is 8.93. The average Bonchev–Trinajstić information content (AvgIpc) is 3.91. The molecule has 5 nitrogen and oxygen atoms in total. The minimum absolute atomic E-state index is 0.608. The van der Waals surface area contributed by atoms with Gasteiger partial charge in [-0.05, 0) is 69.1 Å². The van der Waals surface area contributed by atoms with E-state index in [1.807, 2.05) is 42.5 Å². The van der Waals surface area contributed by atoms with Crippen molar-refractivity contribution < 1.29 is 4.42 Å². The summed E-state index contributed by atoms with van der Waals surface area (Å²) in [5.41, 5.74) is 7.63. The third-order valence-corrected chi connectivity index (χ3v) is 12.4. The Kier molecular flexibility index (Phi) is 7.33. The standard InChI is InChI=1S/C52H30N4OS/c1-3-12-31(13-4-1)35-16-9-17-36(30-35)49-54-50(56-51(55-49)42-22-11-20-40-38-18-7-8-23-44(38)58-48(40)42)41-21-10-19-39-37(41)28-26-32-24-25-33-27-29-43-47(46(33)45(32)39)57-52(53-43)34-14-5-2-6-15-34/h1-30H. The van der Waals surface area contributed by atoms with Crippen LogP contribution >= 0.6 is 11.3 Å². The fraction of sp³-hybridized carbons (Fsp3) is 0. The first-order valence-corrected chi connectivity index (χ1v) is 20.1. The number of nitrogens with zero attached hydrogens (tertiary/aromatic N) is 4. The maximum Gasteiger partial charge on any atom is 0.227 e. The molecule has 0 aliphatic carbocycles. The van der Waals surface area contributed by atoms with Crippen LogP contribution in [0.3, 0.4) is 0 Å². The molecule has 0 saturated carbocycles. The molecule has 0 fully saturated rings. The van der Waals surface area contributed by atoms with Crippen LogP contribution in [0.2, 0.25) is 0 Å². The van der Waals surface area contributed by atoms with E-state index >= 15 is 0 Å². The lowest BCUT2D eigenvalue weighted by molar-refractivity contribution is 0.623. The van der Waals surface area contributed by atoms with Gasteiger partial charge in [0, 0.05) is 53.2 Å². The molecule has 0 amide bonds. The van der Waals surface area contributed by atoms with Gasteiger partial charge < -0.3 is 4.42 Å². The van der Waals surface area contributed by atoms with Gasteiger partial charge in [-0.15, -0.1) is 11.3 Å². The van der Waals surface area contributed by atoms with Crippen molar-refractivity contribution in [2.24, 2.45) is 0 Å². The summed E-state index contributed by atoms with van der Waals surface area (Å²) in [5.74, 6) is 2.49. The van der Waals surface area contributed by atoms with Crippen LogP contribution in [0.15, 0.2) is 186 Å². The van der Waals surface area contributed by atoms with Gasteiger partial charge in [0.15, 0.2) is 23.1 Å². The molecule has 3 heterocycles. The van der Waals surface area contributed by atoms with E-state index in [-0.39, 0.29) is 0 Å². The number of rotatable bonds is 5. The fourth-order valence-electron chi connectivity index (χ4n) is 8.41. The van der Waals surface area contributed by atoms with Crippen LogP contribution in [0.5, 0.6) is 0 Å². The lowest BCUT2D eigenvalue weighted by Crippen LogP contribution is -2.01. The van der Waals surface area contributed by atoms with Crippen molar-refractivity contribution >= 4 is 74.9 Å². The molecule has 0 spiro atoms. The van der Waals surface area contributed by atoms with Crippen molar-refractivity contribution in [2.75, 3.05) is 0 Å². The van der Waals surface area contributed by atoms with Crippen molar-refractivity contribution in [3.8, 4) is 56.7 Å². The van der Waals surface area contributed by atoms with Gasteiger partial charge in [-0.1, -0.05) is 146 Å². The van der Waals surface area contributed by atoms with Crippen LogP contribution in [0, 0.1) is 0 Å². The summed E-state index contributed by atoms with van der Waals surface area (Å²) in [6.07, 6.45) is 0. The van der Waals surface area contributed by atoms with Gasteiger partial charge in [0.25, 0.3) is 0 Å². The predicted octanol–water partition coefficient (Wildman–Crippen LogP) is 14.2. The minimum Gasteiger partial charge on any atom is -0.435 e. The second kappa shape index (κ2) is 13.0. The zero-order valence-corrected chi connectivity index (χ0v) is 31.7. The first-order valence-electron chi connectivity index (χ1n) is 19.3. The number of aromatic nitrogens is 4. The zero-order chi connectivity index (χ0) is 38.2. The molecule has 0 N–H and O–H groups in total. The summed E-state index contributed by atoms with van der Waals surface area (Å²) in [6.45, 7) is 0. The quantitative estimate of drug-likeness (QED) is 0.164. The van der Waals surface area contributed by atoms with E-state index in [1.54, 1.807) is 11.3 Å². The molecule has 270 valence electrons. The monoisotopic (exact) mass is 758 g/mol. The van der Waals surface area contributed by atoms with Crippen LogP contribution in [0.25, 0.3) is 120 Å². The molecule has 0 atom stereocenters. The van der Waals surface area contributed by atoms with E-state index in [2.05, 4.69) is 140 Å². The molecule has 0 saturated heterocycles. The molecular weight excluding hydrogens is 729 g/mol. The van der Waals surface area contributed by atoms with Crippen molar-refractivity contribution in [1.82, 2.24) is 19.9 Å². The highest BCUT2D eigenvalue weighted by atomic mass is 32.1. The van der Waals surface area contributed by atoms with Crippen molar-refractivity contribution in [1.29, 1.82) is 0 Å². The molecule has 58 heavy (non-hydrogen) atoms. The SMILES string of the molecule is c1ccc(-c2cccc(-c3nc(-c4cccc5c4ccc4ccc6ccc7nc(-c8ccccc8)oc7c6c45)nc(-c4cccc5c4sc4ccccc45)n3)c2)cc1. The highest BCUT2D eigenvalue weighted by molar-refractivity contribution is 7.26. The van der Waals surface area contributed by atoms with Gasteiger partial charge in [0.2, 0.25) is 5.89 Å². The highest BCUT2D eigenvalue weighted by Gasteiger charge is 2.20. The Hall–Kier alpha value is -7.54. The molecule has 9 aromatic carbocycles. The Balaban J connectivity index is 1.11. The lowest BCUT2D eigenvalue weighted by atomic mass is 9.93. The van der Waals surface area contributed by atoms with E-state index in [4.69, 9.17) is 24.4 Å². The number of fused-ring (bicyclic) bond motifs is 10. The van der Waals surface area contributed by atoms with E-state index in [0.717, 1.165) is 81.5 Å². The summed E-state index contributed by atoms with van der Waals surface area (Å²) < 4.78 is 9.02. The third-order valence-electron chi connectivity index (χ3n) is 11.1. The van der Waals surface area contributed by atoms with Crippen LogP contribution in [-0.4, -0.2) is 19.9 Å². The van der Waals surface area contributed by atoms with Crippen LogP contribution < -0.4 is 0 Å². The summed E-state index contributed by atoms with van der Waals surface area (Å²) in [6, 6.07) is 63.4. The van der Waals surface area contributed by atoms with Gasteiger partial charge >= 0.3 is 0 Å². The predicted molar refractivity (Wildman–Crippen MR) is 240 cm³/mol. The van der Waals surface area contributed by atoms with E-state index in [9.17, 15) is 0 Å². The third kappa shape index (κ3) is 5.23. The Morgan fingerprint density at radius 1 is 0.379 bits per heavy atom. The Bertz CT molecular complexity index is 3570. The van der Waals surface area contributed by atoms with Gasteiger partial charge in [-0.25, -0.2) is 19.9 Å². The fourth-order valence-corrected chi connectivity index (χ4v) is 9.62. The van der Waals surface area contributed by atoms with E-state index < -0.39 is 0 Å². The number of benzene rings is 9. The maximum absolute atomic E-state index is 6.62. The minimum atomic E-state index is 0.608. The van der Waals surface area contributed by atoms with Crippen LogP contribution in [0.1, 0.15) is 0 Å². The van der Waals surface area contributed by atoms with Crippen molar-refractivity contribution in [3.05, 3.63) is 182 Å². The van der Waals surface area contributed by atoms with Gasteiger partial charge in [0.1, 0.15) is 5.52 Å². The summed E-state index contributed by atoms with van der Waals surface area (Å²) >= 11 is 1.78. The molecular formula is C52H30N4OS. The molecule has 0 radical (unpaired) electrons. The normalized spacial score (nSPS) is 11.8. The maximum atomic E-state index is 6.62. The lowest BCUT2D eigenvalue weighted by Gasteiger charge is -2.13.